The van der Waals surface area contributed by atoms with Crippen LogP contribution in [0.4, 0.5) is 0 Å². The molecule has 0 bridgehead atoms. The molecule has 0 heterocycles. The molecule has 0 aromatic heterocycles. The van der Waals surface area contributed by atoms with Gasteiger partial charge in [-0.25, -0.2) is 4.99 Å². The number of rotatable bonds is 1. The van der Waals surface area contributed by atoms with Crippen LogP contribution in [0.15, 0.2) is 11.6 Å². The zero-order valence-corrected chi connectivity index (χ0v) is 4.31. The Hall–Kier alpha value is -0.990. The zero-order chi connectivity index (χ0) is 5.70. The third-order valence-electron chi connectivity index (χ3n) is 0.526. The highest BCUT2D eigenvalue weighted by molar-refractivity contribution is 5.47. The summed E-state index contributed by atoms with van der Waals surface area (Å²) >= 11 is 0. The van der Waals surface area contributed by atoms with Gasteiger partial charge in [-0.1, -0.05) is 5.92 Å². The van der Waals surface area contributed by atoms with Crippen molar-refractivity contribution in [3.63, 3.8) is 0 Å². The third-order valence-corrected chi connectivity index (χ3v) is 0.526. The number of nitrogens with zero attached hydrogens (tertiary/aromatic N) is 1. The van der Waals surface area contributed by atoms with Gasteiger partial charge in [-0.15, -0.1) is 6.42 Å². The molecule has 0 aromatic carbocycles. The van der Waals surface area contributed by atoms with Gasteiger partial charge in [0.1, 0.15) is 6.04 Å². The molecule has 0 aliphatic rings. The Balaban J connectivity index is 3.64. The maximum Gasteiger partial charge on any atom is 0.117 e. The molecule has 0 saturated heterocycles. The van der Waals surface area contributed by atoms with Crippen molar-refractivity contribution in [2.75, 3.05) is 0 Å². The fraction of sp³-hybridized carbons (Fsp3) is 0.333. The van der Waals surface area contributed by atoms with E-state index in [4.69, 9.17) is 6.42 Å². The summed E-state index contributed by atoms with van der Waals surface area (Å²) in [4.78, 5) is 3.65. The Labute approximate surface area is 43.8 Å². The van der Waals surface area contributed by atoms with Crippen LogP contribution in [0.5, 0.6) is 0 Å². The predicted molar refractivity (Wildman–Crippen MR) is 31.4 cm³/mol. The van der Waals surface area contributed by atoms with Crippen molar-refractivity contribution in [1.29, 1.82) is 0 Å². The van der Waals surface area contributed by atoms with Crippen molar-refractivity contribution >= 4 is 5.87 Å². The maximum atomic E-state index is 4.95. The Morgan fingerprint density at radius 2 is 2.43 bits per heavy atom. The van der Waals surface area contributed by atoms with E-state index in [1.807, 2.05) is 0 Å². The third kappa shape index (κ3) is 2.82. The van der Waals surface area contributed by atoms with Gasteiger partial charge in [-0.05, 0) is 19.4 Å². The molecule has 0 radical (unpaired) electrons. The number of hydrogen-bond donors (Lipinski definition) is 0. The fourth-order valence-corrected chi connectivity index (χ4v) is 0.174. The monoisotopic (exact) mass is 93.1 g/mol. The van der Waals surface area contributed by atoms with E-state index in [1.165, 1.54) is 0 Å². The summed E-state index contributed by atoms with van der Waals surface area (Å²) in [5, 5.41) is 0. The number of hydrogen-bond acceptors (Lipinski definition) is 1. The first-order valence-electron chi connectivity index (χ1n) is 1.99. The van der Waals surface area contributed by atoms with Crippen LogP contribution in [0, 0.1) is 12.3 Å². The molecule has 7 heavy (non-hydrogen) atoms. The lowest BCUT2D eigenvalue weighted by molar-refractivity contribution is 0.970. The molecule has 0 amide bonds. The van der Waals surface area contributed by atoms with E-state index in [9.17, 15) is 0 Å². The van der Waals surface area contributed by atoms with E-state index in [0.29, 0.717) is 0 Å². The molecule has 36 valence electrons. The Bertz CT molecular complexity index is 124. The molecular weight excluding hydrogens is 86.1 g/mol. The molecule has 0 rings (SSSR count). The minimum atomic E-state index is -0.0718. The normalized spacial score (nSPS) is 10.9. The van der Waals surface area contributed by atoms with Gasteiger partial charge in [0.2, 0.25) is 0 Å². The van der Waals surface area contributed by atoms with Crippen molar-refractivity contribution in [3.05, 3.63) is 6.58 Å². The van der Waals surface area contributed by atoms with Crippen LogP contribution in [-0.2, 0) is 0 Å². The molecule has 0 aliphatic carbocycles. The summed E-state index contributed by atoms with van der Waals surface area (Å²) in [6, 6.07) is -0.0718. The van der Waals surface area contributed by atoms with Crippen LogP contribution in [0.2, 0.25) is 0 Å². The summed E-state index contributed by atoms with van der Waals surface area (Å²) in [5.41, 5.74) is 0. The van der Waals surface area contributed by atoms with E-state index in [-0.39, 0.29) is 6.04 Å². The van der Waals surface area contributed by atoms with Crippen LogP contribution >= 0.6 is 0 Å². The lowest BCUT2D eigenvalue weighted by atomic mass is 10.4. The van der Waals surface area contributed by atoms with E-state index in [1.54, 1.807) is 6.92 Å². The quantitative estimate of drug-likeness (QED) is 0.337. The highest BCUT2D eigenvalue weighted by Gasteiger charge is 1.82. The van der Waals surface area contributed by atoms with Gasteiger partial charge < -0.3 is 0 Å². The summed E-state index contributed by atoms with van der Waals surface area (Å²) < 4.78 is 0. The van der Waals surface area contributed by atoms with Crippen LogP contribution in [-0.4, -0.2) is 11.9 Å². The molecule has 1 heteroatoms. The van der Waals surface area contributed by atoms with E-state index in [2.05, 4.69) is 23.4 Å². The molecular formula is C6H7N. The van der Waals surface area contributed by atoms with Crippen molar-refractivity contribution in [2.45, 2.75) is 13.0 Å². The van der Waals surface area contributed by atoms with Crippen molar-refractivity contribution in [3.8, 4) is 12.3 Å². The Morgan fingerprint density at radius 3 is 2.57 bits per heavy atom. The highest BCUT2D eigenvalue weighted by Crippen LogP contribution is 1.79. The first-order valence-corrected chi connectivity index (χ1v) is 1.99. The van der Waals surface area contributed by atoms with Crippen LogP contribution in [0.3, 0.4) is 0 Å². The van der Waals surface area contributed by atoms with Gasteiger partial charge in [0.05, 0.1) is 0 Å². The Kier molecular flexibility index (Phi) is 2.76. The minimum absolute atomic E-state index is 0.0718. The second kappa shape index (κ2) is 3.21. The molecule has 1 atom stereocenters. The summed E-state index contributed by atoms with van der Waals surface area (Å²) in [6.45, 7) is 5.07. The van der Waals surface area contributed by atoms with Gasteiger partial charge in [0.15, 0.2) is 0 Å². The van der Waals surface area contributed by atoms with Crippen molar-refractivity contribution in [2.24, 2.45) is 4.99 Å². The smallest absolute Gasteiger partial charge is 0.117 e. The van der Waals surface area contributed by atoms with Gasteiger partial charge in [0.25, 0.3) is 0 Å². The largest absolute Gasteiger partial charge is 0.228 e. The molecule has 0 N–H and O–H groups in total. The average molecular weight is 93.1 g/mol. The van der Waals surface area contributed by atoms with Crippen molar-refractivity contribution in [1.82, 2.24) is 0 Å². The summed E-state index contributed by atoms with van der Waals surface area (Å²) in [5.74, 6) is 4.75. The van der Waals surface area contributed by atoms with E-state index in [0.717, 1.165) is 0 Å². The van der Waals surface area contributed by atoms with Gasteiger partial charge in [-0.3, -0.25) is 0 Å². The van der Waals surface area contributed by atoms with Crippen LogP contribution in [0.25, 0.3) is 0 Å². The fourth-order valence-electron chi connectivity index (χ4n) is 0.174. The van der Waals surface area contributed by atoms with Crippen LogP contribution in [0.1, 0.15) is 6.92 Å². The first kappa shape index (κ1) is 6.01. The molecule has 1 unspecified atom stereocenters. The standard InChI is InChI=1S/C6H7N/c1-4-6(3)7-5-2/h1,6H,2H2,3H3. The molecule has 0 aromatic rings. The summed E-state index contributed by atoms with van der Waals surface area (Å²) in [7, 11) is 0. The second-order valence-corrected chi connectivity index (χ2v) is 1.13. The van der Waals surface area contributed by atoms with E-state index < -0.39 is 0 Å². The number of terminal acetylenes is 1. The summed E-state index contributed by atoms with van der Waals surface area (Å²) in [6.07, 6.45) is 4.95. The Morgan fingerprint density at radius 1 is 1.86 bits per heavy atom. The zero-order valence-electron chi connectivity index (χ0n) is 4.31. The highest BCUT2D eigenvalue weighted by atomic mass is 14.7. The molecule has 0 spiro atoms. The second-order valence-electron chi connectivity index (χ2n) is 1.13. The topological polar surface area (TPSA) is 12.4 Å². The molecule has 1 nitrogen and oxygen atoms in total. The van der Waals surface area contributed by atoms with Crippen LogP contribution < -0.4 is 0 Å². The number of aliphatic imine (C=N–C) groups is 1. The molecule has 0 fully saturated rings. The lowest BCUT2D eigenvalue weighted by Gasteiger charge is -1.84. The predicted octanol–water partition coefficient (Wildman–Crippen LogP) is 0.864. The molecule has 0 aliphatic heterocycles. The van der Waals surface area contributed by atoms with Gasteiger partial charge in [0, 0.05) is 0 Å². The molecule has 0 saturated carbocycles. The maximum absolute atomic E-state index is 4.95. The average Bonchev–Trinajstić information content (AvgIpc) is 1.68. The van der Waals surface area contributed by atoms with Crippen molar-refractivity contribution < 1.29 is 0 Å². The SMILES string of the molecule is C#CC(C)N=C=C. The van der Waals surface area contributed by atoms with Gasteiger partial charge >= 0.3 is 0 Å². The first-order chi connectivity index (χ1) is 3.31. The van der Waals surface area contributed by atoms with E-state index >= 15 is 0 Å². The van der Waals surface area contributed by atoms with Gasteiger partial charge in [-0.2, -0.15) is 0 Å². The minimum Gasteiger partial charge on any atom is -0.228 e. The lowest BCUT2D eigenvalue weighted by Crippen LogP contribution is -1.88.